The molecule has 4 nitrogen and oxygen atoms in total. The van der Waals surface area contributed by atoms with Gasteiger partial charge in [-0.2, -0.15) is 0 Å². The molecule has 0 atom stereocenters. The number of rotatable bonds is 0. The van der Waals surface area contributed by atoms with Crippen molar-refractivity contribution < 1.29 is 9.59 Å². The van der Waals surface area contributed by atoms with Crippen LogP contribution in [0.15, 0.2) is 0 Å². The van der Waals surface area contributed by atoms with Crippen LogP contribution >= 0.6 is 0 Å². The Morgan fingerprint density at radius 1 is 1.30 bits per heavy atom. The second-order valence-corrected chi connectivity index (χ2v) is 3.06. The summed E-state index contributed by atoms with van der Waals surface area (Å²) in [5.74, 6) is 0. The molecule has 0 bridgehead atoms. The third-order valence-corrected chi connectivity index (χ3v) is 1.13. The molecule has 2 radical (unpaired) electrons. The first-order valence-corrected chi connectivity index (χ1v) is 3.94. The van der Waals surface area contributed by atoms with Gasteiger partial charge < -0.3 is 0 Å². The SMILES string of the molecule is CN(C)C(=O)[Se].NC(=O)[Se]. The van der Waals surface area contributed by atoms with Gasteiger partial charge in [0.1, 0.15) is 0 Å². The fourth-order valence-corrected chi connectivity index (χ4v) is 0. The molecule has 0 rings (SSSR count). The second kappa shape index (κ2) is 7.09. The molecule has 10 heavy (non-hydrogen) atoms. The van der Waals surface area contributed by atoms with Crippen molar-refractivity contribution in [3.8, 4) is 0 Å². The number of nitrogens with zero attached hydrogens (tertiary/aromatic N) is 1. The van der Waals surface area contributed by atoms with E-state index in [0.29, 0.717) is 0 Å². The van der Waals surface area contributed by atoms with E-state index in [1.54, 1.807) is 14.1 Å². The Balaban J connectivity index is 0. The van der Waals surface area contributed by atoms with Gasteiger partial charge in [-0.15, -0.1) is 0 Å². The third kappa shape index (κ3) is 24.5. The van der Waals surface area contributed by atoms with Crippen LogP contribution in [0.3, 0.4) is 0 Å². The Labute approximate surface area is 76.1 Å². The van der Waals surface area contributed by atoms with E-state index in [4.69, 9.17) is 4.79 Å². The Hall–Kier alpha value is -0.0210. The van der Waals surface area contributed by atoms with Gasteiger partial charge in [-0.25, -0.2) is 0 Å². The van der Waals surface area contributed by atoms with E-state index in [2.05, 4.69) is 21.7 Å². The average molecular weight is 274 g/mol. The van der Waals surface area contributed by atoms with Gasteiger partial charge >= 0.3 is 76.0 Å². The first-order valence-electron chi connectivity index (χ1n) is 2.22. The molecule has 0 aliphatic carbocycles. The Bertz CT molecular complexity index is 122. The van der Waals surface area contributed by atoms with E-state index in [1.807, 2.05) is 16.0 Å². The van der Waals surface area contributed by atoms with Crippen molar-refractivity contribution in [3.05, 3.63) is 0 Å². The molecule has 0 unspecified atom stereocenters. The van der Waals surface area contributed by atoms with Crippen molar-refractivity contribution >= 4 is 41.6 Å². The van der Waals surface area contributed by atoms with Crippen LogP contribution in [0.4, 0.5) is 9.59 Å². The standard InChI is InChI=1S/C3H6NOSe.CH2NOSe/c1-4(2)3(5)6;2-1(3)4/h1-2H3;(H2,2,3). The zero-order valence-corrected chi connectivity index (χ0v) is 9.08. The molecular formula is C4H8N2O2Se2. The van der Waals surface area contributed by atoms with Crippen molar-refractivity contribution in [3.63, 3.8) is 0 Å². The summed E-state index contributed by atoms with van der Waals surface area (Å²) in [5.41, 5.74) is 4.42. The van der Waals surface area contributed by atoms with Crippen LogP contribution in [0, 0.1) is 0 Å². The maximum atomic E-state index is 10.0. The fourth-order valence-electron chi connectivity index (χ4n) is 0. The van der Waals surface area contributed by atoms with E-state index >= 15 is 0 Å². The minimum absolute atomic E-state index is 0.0324. The molecule has 0 heterocycles. The second-order valence-electron chi connectivity index (χ2n) is 1.48. The quantitative estimate of drug-likeness (QED) is 0.580. The summed E-state index contributed by atoms with van der Waals surface area (Å²) in [6, 6.07) is 0. The van der Waals surface area contributed by atoms with Gasteiger partial charge in [0.25, 0.3) is 0 Å². The normalized spacial score (nSPS) is 7.00. The van der Waals surface area contributed by atoms with Crippen LogP contribution in [-0.4, -0.2) is 60.6 Å². The van der Waals surface area contributed by atoms with Gasteiger partial charge in [-0.05, 0) is 0 Å². The van der Waals surface area contributed by atoms with Gasteiger partial charge in [-0.3, -0.25) is 0 Å². The molecule has 0 saturated carbocycles. The molecule has 2 N–H and O–H groups in total. The van der Waals surface area contributed by atoms with E-state index < -0.39 is 4.81 Å². The molecule has 2 amide bonds. The number of hydrogen-bond donors (Lipinski definition) is 1. The zero-order valence-electron chi connectivity index (χ0n) is 5.66. The van der Waals surface area contributed by atoms with Crippen molar-refractivity contribution in [2.45, 2.75) is 0 Å². The van der Waals surface area contributed by atoms with Crippen LogP contribution in [0.5, 0.6) is 0 Å². The number of amides is 2. The molecule has 0 saturated heterocycles. The number of nitrogens with two attached hydrogens (primary N) is 1. The summed E-state index contributed by atoms with van der Waals surface area (Å²) in [7, 11) is 3.39. The fraction of sp³-hybridized carbons (Fsp3) is 0.500. The Kier molecular flexibility index (Phi) is 8.96. The van der Waals surface area contributed by atoms with Gasteiger partial charge in [0.05, 0.1) is 0 Å². The number of primary amides is 1. The molecule has 6 heteroatoms. The molecule has 0 fully saturated rings. The minimum atomic E-state index is -0.458. The predicted molar refractivity (Wildman–Crippen MR) is 40.2 cm³/mol. The van der Waals surface area contributed by atoms with Gasteiger partial charge in [0, 0.05) is 0 Å². The van der Waals surface area contributed by atoms with Crippen LogP contribution in [0.25, 0.3) is 0 Å². The Morgan fingerprint density at radius 2 is 1.40 bits per heavy atom. The topological polar surface area (TPSA) is 63.4 Å². The average Bonchev–Trinajstić information content (AvgIpc) is 1.63. The molecule has 0 aromatic carbocycles. The number of hydrogen-bond acceptors (Lipinski definition) is 2. The Morgan fingerprint density at radius 3 is 1.40 bits per heavy atom. The van der Waals surface area contributed by atoms with Gasteiger partial charge in [-0.1, -0.05) is 0 Å². The first-order chi connectivity index (χ1) is 4.37. The van der Waals surface area contributed by atoms with Gasteiger partial charge in [0.15, 0.2) is 0 Å². The van der Waals surface area contributed by atoms with E-state index in [-0.39, 0.29) is 4.81 Å². The molecule has 0 aliphatic heterocycles. The van der Waals surface area contributed by atoms with Crippen LogP contribution in [-0.2, 0) is 0 Å². The molecular weight excluding hydrogens is 266 g/mol. The summed E-state index contributed by atoms with van der Waals surface area (Å²) in [4.78, 5) is 20.2. The monoisotopic (exact) mass is 276 g/mol. The summed E-state index contributed by atoms with van der Waals surface area (Å²) in [6.45, 7) is 0. The molecule has 0 aliphatic rings. The van der Waals surface area contributed by atoms with E-state index in [9.17, 15) is 4.79 Å². The van der Waals surface area contributed by atoms with Crippen LogP contribution in [0.2, 0.25) is 0 Å². The predicted octanol–water partition coefficient (Wildman–Crippen LogP) is -0.930. The van der Waals surface area contributed by atoms with E-state index in [0.717, 1.165) is 0 Å². The van der Waals surface area contributed by atoms with E-state index in [1.165, 1.54) is 4.90 Å². The number of carbonyl (C=O) groups is 2. The summed E-state index contributed by atoms with van der Waals surface area (Å²) < 4.78 is 0. The molecule has 0 aromatic rings. The zero-order chi connectivity index (χ0) is 8.73. The van der Waals surface area contributed by atoms with Gasteiger partial charge in [0.2, 0.25) is 0 Å². The summed E-state index contributed by atoms with van der Waals surface area (Å²) in [6.07, 6.45) is 0. The summed E-state index contributed by atoms with van der Waals surface area (Å²) in [5, 5.41) is 0. The van der Waals surface area contributed by atoms with Crippen molar-refractivity contribution in [2.24, 2.45) is 5.73 Å². The molecule has 0 spiro atoms. The van der Waals surface area contributed by atoms with Crippen molar-refractivity contribution in [1.29, 1.82) is 0 Å². The third-order valence-electron chi connectivity index (χ3n) is 0.365. The van der Waals surface area contributed by atoms with Crippen LogP contribution < -0.4 is 5.73 Å². The number of carbonyl (C=O) groups excluding carboxylic acids is 2. The molecule has 0 aromatic heterocycles. The van der Waals surface area contributed by atoms with Crippen molar-refractivity contribution in [1.82, 2.24) is 4.90 Å². The van der Waals surface area contributed by atoms with Crippen molar-refractivity contribution in [2.75, 3.05) is 14.1 Å². The first kappa shape index (κ1) is 12.6. The maximum absolute atomic E-state index is 10.0. The summed E-state index contributed by atoms with van der Waals surface area (Å²) >= 11 is 4.37. The van der Waals surface area contributed by atoms with Crippen LogP contribution in [0.1, 0.15) is 0 Å². The molecule has 58 valence electrons.